The van der Waals surface area contributed by atoms with Crippen molar-refractivity contribution in [1.82, 2.24) is 10.2 Å². The van der Waals surface area contributed by atoms with E-state index in [0.717, 1.165) is 26.2 Å². The minimum Gasteiger partial charge on any atom is -0.338 e. The van der Waals surface area contributed by atoms with E-state index in [-0.39, 0.29) is 24.2 Å². The fourth-order valence-electron chi connectivity index (χ4n) is 3.55. The molecule has 2 saturated heterocycles. The van der Waals surface area contributed by atoms with Gasteiger partial charge in [-0.25, -0.2) is 0 Å². The minimum absolute atomic E-state index is 0. The molecule has 2 amide bonds. The molecule has 26 heavy (non-hydrogen) atoms. The molecule has 0 unspecified atom stereocenters. The second kappa shape index (κ2) is 7.96. The Balaban J connectivity index is 0.00000196. The van der Waals surface area contributed by atoms with E-state index in [1.54, 1.807) is 24.3 Å². The molecule has 2 atom stereocenters. The lowest BCUT2D eigenvalue weighted by Gasteiger charge is -2.18. The normalized spacial score (nSPS) is 21.2. The number of benzene rings is 1. The third-order valence-electron chi connectivity index (χ3n) is 4.88. The van der Waals surface area contributed by atoms with Crippen LogP contribution in [0, 0.1) is 11.8 Å². The van der Waals surface area contributed by atoms with Gasteiger partial charge in [0.15, 0.2) is 0 Å². The van der Waals surface area contributed by atoms with E-state index in [9.17, 15) is 9.59 Å². The molecule has 4 rings (SSSR count). The lowest BCUT2D eigenvalue weighted by molar-refractivity contribution is 0.0781. The van der Waals surface area contributed by atoms with Gasteiger partial charge in [0.05, 0.1) is 15.6 Å². The van der Waals surface area contributed by atoms with E-state index in [1.807, 2.05) is 16.3 Å². The van der Waals surface area contributed by atoms with Crippen LogP contribution in [0.4, 0.5) is 5.69 Å². The highest BCUT2D eigenvalue weighted by Gasteiger charge is 2.38. The lowest BCUT2D eigenvalue weighted by Crippen LogP contribution is -2.31. The Kier molecular flexibility index (Phi) is 5.87. The van der Waals surface area contributed by atoms with Crippen molar-refractivity contribution in [3.05, 3.63) is 51.2 Å². The van der Waals surface area contributed by atoms with Crippen LogP contribution >= 0.6 is 35.3 Å². The maximum Gasteiger partial charge on any atom is 0.265 e. The van der Waals surface area contributed by atoms with Crippen LogP contribution in [0.2, 0.25) is 5.02 Å². The van der Waals surface area contributed by atoms with E-state index < -0.39 is 0 Å². The fraction of sp³-hybridized carbons (Fsp3) is 0.333. The largest absolute Gasteiger partial charge is 0.338 e. The van der Waals surface area contributed by atoms with Gasteiger partial charge in [0.25, 0.3) is 11.8 Å². The SMILES string of the molecule is Cl.O=C(Nc1cc(C(=O)N2C[C@H]3CNC[C@H]3C2)ccc1Cl)c1cccs1. The number of amides is 2. The van der Waals surface area contributed by atoms with Gasteiger partial charge >= 0.3 is 0 Å². The highest BCUT2D eigenvalue weighted by Crippen LogP contribution is 2.29. The highest BCUT2D eigenvalue weighted by molar-refractivity contribution is 7.12. The molecule has 0 radical (unpaired) electrons. The van der Waals surface area contributed by atoms with Gasteiger partial charge in [0.2, 0.25) is 0 Å². The topological polar surface area (TPSA) is 61.4 Å². The van der Waals surface area contributed by atoms with E-state index in [1.165, 1.54) is 11.3 Å². The standard InChI is InChI=1S/C18H18ClN3O2S.ClH/c19-14-4-3-11(6-15(14)21-17(23)16-2-1-5-25-16)18(24)22-9-12-7-20-8-13(12)10-22;/h1-6,12-13,20H,7-10H2,(H,21,23);1H/t12-,13+;. The first kappa shape index (κ1) is 19.2. The van der Waals surface area contributed by atoms with Crippen LogP contribution in [0.15, 0.2) is 35.7 Å². The molecule has 2 aliphatic rings. The molecule has 1 aromatic carbocycles. The summed E-state index contributed by atoms with van der Waals surface area (Å²) in [6.07, 6.45) is 0. The molecule has 0 aliphatic carbocycles. The van der Waals surface area contributed by atoms with Crippen LogP contribution < -0.4 is 10.6 Å². The number of hydrogen-bond acceptors (Lipinski definition) is 4. The number of likely N-dealkylation sites (tertiary alicyclic amines) is 1. The quantitative estimate of drug-likeness (QED) is 0.813. The Morgan fingerprint density at radius 2 is 1.92 bits per heavy atom. The molecule has 0 spiro atoms. The van der Waals surface area contributed by atoms with Crippen LogP contribution in [0.1, 0.15) is 20.0 Å². The van der Waals surface area contributed by atoms with Gasteiger partial charge in [-0.3, -0.25) is 9.59 Å². The molecular weight excluding hydrogens is 393 g/mol. The lowest BCUT2D eigenvalue weighted by atomic mass is 10.0. The van der Waals surface area contributed by atoms with E-state index in [4.69, 9.17) is 11.6 Å². The van der Waals surface area contributed by atoms with Gasteiger partial charge in [-0.2, -0.15) is 0 Å². The molecule has 138 valence electrons. The Morgan fingerprint density at radius 1 is 1.19 bits per heavy atom. The monoisotopic (exact) mass is 411 g/mol. The van der Waals surface area contributed by atoms with Gasteiger partial charge in [0.1, 0.15) is 0 Å². The Morgan fingerprint density at radius 3 is 2.58 bits per heavy atom. The molecule has 2 aliphatic heterocycles. The third-order valence-corrected chi connectivity index (χ3v) is 6.08. The molecular formula is C18H19Cl2N3O2S. The van der Waals surface area contributed by atoms with Crippen LogP contribution in [0.3, 0.4) is 0 Å². The zero-order valence-electron chi connectivity index (χ0n) is 13.9. The van der Waals surface area contributed by atoms with Gasteiger partial charge in [-0.15, -0.1) is 23.7 Å². The summed E-state index contributed by atoms with van der Waals surface area (Å²) in [6.45, 7) is 3.54. The van der Waals surface area contributed by atoms with Gasteiger partial charge < -0.3 is 15.5 Å². The van der Waals surface area contributed by atoms with Crippen LogP contribution in [0.5, 0.6) is 0 Å². The van der Waals surface area contributed by atoms with Crippen molar-refractivity contribution in [3.8, 4) is 0 Å². The predicted octanol–water partition coefficient (Wildman–Crippen LogP) is 3.37. The Bertz CT molecular complexity index is 801. The van der Waals surface area contributed by atoms with Gasteiger partial charge in [-0.1, -0.05) is 17.7 Å². The second-order valence-electron chi connectivity index (χ2n) is 6.51. The number of thiophene rings is 1. The number of nitrogens with one attached hydrogen (secondary N) is 2. The average Bonchev–Trinajstić information content (AvgIpc) is 3.33. The van der Waals surface area contributed by atoms with Gasteiger partial charge in [-0.05, 0) is 41.5 Å². The van der Waals surface area contributed by atoms with E-state index in [2.05, 4.69) is 10.6 Å². The maximum atomic E-state index is 12.8. The second-order valence-corrected chi connectivity index (χ2v) is 7.87. The number of anilines is 1. The van der Waals surface area contributed by atoms with Gasteiger partial charge in [0, 0.05) is 31.7 Å². The van der Waals surface area contributed by atoms with Crippen molar-refractivity contribution in [2.45, 2.75) is 0 Å². The number of carbonyl (C=O) groups is 2. The summed E-state index contributed by atoms with van der Waals surface area (Å²) < 4.78 is 0. The smallest absolute Gasteiger partial charge is 0.265 e. The van der Waals surface area contributed by atoms with Crippen molar-refractivity contribution in [3.63, 3.8) is 0 Å². The highest BCUT2D eigenvalue weighted by atomic mass is 35.5. The Hall–Kier alpha value is -1.60. The zero-order chi connectivity index (χ0) is 17.4. The molecule has 1 aromatic heterocycles. The number of carbonyl (C=O) groups excluding carboxylic acids is 2. The van der Waals surface area contributed by atoms with Crippen LogP contribution in [-0.4, -0.2) is 42.9 Å². The summed E-state index contributed by atoms with van der Waals surface area (Å²) in [4.78, 5) is 27.6. The summed E-state index contributed by atoms with van der Waals surface area (Å²) in [6, 6.07) is 8.62. The van der Waals surface area contributed by atoms with Crippen molar-refractivity contribution in [2.75, 3.05) is 31.5 Å². The summed E-state index contributed by atoms with van der Waals surface area (Å²) in [5.74, 6) is 0.879. The first-order valence-corrected chi connectivity index (χ1v) is 9.52. The van der Waals surface area contributed by atoms with Crippen molar-refractivity contribution < 1.29 is 9.59 Å². The molecule has 8 heteroatoms. The maximum absolute atomic E-state index is 12.8. The van der Waals surface area contributed by atoms with Crippen LogP contribution in [0.25, 0.3) is 0 Å². The molecule has 2 aromatic rings. The summed E-state index contributed by atoms with van der Waals surface area (Å²) in [7, 11) is 0. The molecule has 5 nitrogen and oxygen atoms in total. The molecule has 2 fully saturated rings. The fourth-order valence-corrected chi connectivity index (χ4v) is 4.33. The number of hydrogen-bond donors (Lipinski definition) is 2. The van der Waals surface area contributed by atoms with Crippen LogP contribution in [-0.2, 0) is 0 Å². The number of nitrogens with zero attached hydrogens (tertiary/aromatic N) is 1. The van der Waals surface area contributed by atoms with Crippen molar-refractivity contribution >= 4 is 52.8 Å². The summed E-state index contributed by atoms with van der Waals surface area (Å²) in [5.41, 5.74) is 1.02. The number of halogens is 2. The summed E-state index contributed by atoms with van der Waals surface area (Å²) in [5, 5.41) is 8.43. The number of rotatable bonds is 3. The molecule has 0 saturated carbocycles. The van der Waals surface area contributed by atoms with E-state index in [0.29, 0.717) is 33.0 Å². The Labute approximate surface area is 167 Å². The first-order chi connectivity index (χ1) is 12.1. The third kappa shape index (κ3) is 3.74. The minimum atomic E-state index is -0.219. The first-order valence-electron chi connectivity index (χ1n) is 8.26. The number of fused-ring (bicyclic) bond motifs is 1. The summed E-state index contributed by atoms with van der Waals surface area (Å²) >= 11 is 7.56. The molecule has 0 bridgehead atoms. The molecule has 3 heterocycles. The molecule has 2 N–H and O–H groups in total. The predicted molar refractivity (Wildman–Crippen MR) is 107 cm³/mol. The van der Waals surface area contributed by atoms with E-state index >= 15 is 0 Å². The van der Waals surface area contributed by atoms with Crippen molar-refractivity contribution in [1.29, 1.82) is 0 Å². The average molecular weight is 412 g/mol. The van der Waals surface area contributed by atoms with Crippen molar-refractivity contribution in [2.24, 2.45) is 11.8 Å². The zero-order valence-corrected chi connectivity index (χ0v) is 16.3.